The summed E-state index contributed by atoms with van der Waals surface area (Å²) in [5.41, 5.74) is 2.83. The zero-order valence-electron chi connectivity index (χ0n) is 15.9. The van der Waals surface area contributed by atoms with E-state index in [1.807, 2.05) is 31.2 Å². The number of amides is 1. The first-order valence-electron chi connectivity index (χ1n) is 9.39. The van der Waals surface area contributed by atoms with Crippen LogP contribution in [0.15, 0.2) is 48.5 Å². The summed E-state index contributed by atoms with van der Waals surface area (Å²) < 4.78 is 27.0. The molecule has 0 spiro atoms. The molecule has 1 aliphatic heterocycles. The molecule has 3 rings (SSSR count). The van der Waals surface area contributed by atoms with Crippen LogP contribution < -0.4 is 5.32 Å². The minimum atomic E-state index is -3.50. The van der Waals surface area contributed by atoms with Gasteiger partial charge in [-0.2, -0.15) is 0 Å². The highest BCUT2D eigenvalue weighted by Gasteiger charge is 2.32. The first-order valence-corrected chi connectivity index (χ1v) is 11.4. The third kappa shape index (κ3) is 5.56. The number of nitrogens with zero attached hydrogens (tertiary/aromatic N) is 1. The van der Waals surface area contributed by atoms with Crippen molar-refractivity contribution in [2.24, 2.45) is 5.92 Å². The maximum absolute atomic E-state index is 12.8. The number of carbonyl (C=O) groups excluding carboxylic acids is 1. The van der Waals surface area contributed by atoms with Crippen LogP contribution in [-0.2, 0) is 27.1 Å². The van der Waals surface area contributed by atoms with E-state index in [4.69, 9.17) is 11.6 Å². The smallest absolute Gasteiger partial charge is 0.224 e. The van der Waals surface area contributed by atoms with E-state index in [1.54, 1.807) is 24.3 Å². The molecule has 5 nitrogen and oxygen atoms in total. The van der Waals surface area contributed by atoms with Crippen LogP contribution in [0.1, 0.15) is 29.5 Å². The van der Waals surface area contributed by atoms with Gasteiger partial charge >= 0.3 is 0 Å². The quantitative estimate of drug-likeness (QED) is 0.777. The van der Waals surface area contributed by atoms with Crippen molar-refractivity contribution in [1.82, 2.24) is 9.62 Å². The molecule has 150 valence electrons. The first-order chi connectivity index (χ1) is 13.3. The van der Waals surface area contributed by atoms with E-state index < -0.39 is 10.0 Å². The summed E-state index contributed by atoms with van der Waals surface area (Å²) >= 11 is 5.96. The second-order valence-electron chi connectivity index (χ2n) is 7.29. The lowest BCUT2D eigenvalue weighted by atomic mass is 9.98. The van der Waals surface area contributed by atoms with Crippen molar-refractivity contribution in [3.05, 3.63) is 70.2 Å². The van der Waals surface area contributed by atoms with Crippen molar-refractivity contribution >= 4 is 27.5 Å². The summed E-state index contributed by atoms with van der Waals surface area (Å²) in [5.74, 6) is -0.526. The second-order valence-corrected chi connectivity index (χ2v) is 9.70. The molecule has 0 aromatic heterocycles. The minimum Gasteiger partial charge on any atom is -0.352 e. The predicted molar refractivity (Wildman–Crippen MR) is 111 cm³/mol. The fraction of sp³-hybridized carbons (Fsp3) is 0.381. The summed E-state index contributed by atoms with van der Waals surface area (Å²) in [7, 11) is -3.50. The van der Waals surface area contributed by atoms with Gasteiger partial charge in [0.15, 0.2) is 0 Å². The molecule has 1 fully saturated rings. The van der Waals surface area contributed by atoms with Crippen molar-refractivity contribution in [3.8, 4) is 0 Å². The topological polar surface area (TPSA) is 66.5 Å². The standard InChI is InChI=1S/C21H25ClN2O3S/c1-16-5-2-6-17(11-16)13-23-21(25)19-8-4-10-24(14-19)28(26,27)15-18-7-3-9-20(22)12-18/h2-3,5-7,9,11-12,19H,4,8,10,13-15H2,1H3,(H,23,25). The molecule has 0 aliphatic carbocycles. The normalized spacial score (nSPS) is 18.0. The highest BCUT2D eigenvalue weighted by Crippen LogP contribution is 2.22. The zero-order valence-corrected chi connectivity index (χ0v) is 17.5. The lowest BCUT2D eigenvalue weighted by molar-refractivity contribution is -0.126. The number of piperidine rings is 1. The summed E-state index contributed by atoms with van der Waals surface area (Å²) in [5, 5.41) is 3.46. The van der Waals surface area contributed by atoms with Crippen molar-refractivity contribution in [1.29, 1.82) is 0 Å². The van der Waals surface area contributed by atoms with E-state index in [0.29, 0.717) is 36.5 Å². The molecule has 0 saturated carbocycles. The van der Waals surface area contributed by atoms with Gasteiger partial charge in [-0.05, 0) is 43.0 Å². The number of rotatable bonds is 6. The van der Waals surface area contributed by atoms with Crippen molar-refractivity contribution in [2.75, 3.05) is 13.1 Å². The molecule has 1 saturated heterocycles. The van der Waals surface area contributed by atoms with Crippen LogP contribution in [-0.4, -0.2) is 31.7 Å². The minimum absolute atomic E-state index is 0.0934. The average molecular weight is 421 g/mol. The molecular weight excluding hydrogens is 396 g/mol. The van der Waals surface area contributed by atoms with E-state index in [2.05, 4.69) is 5.32 Å². The number of aryl methyl sites for hydroxylation is 1. The Kier molecular flexibility index (Phi) is 6.75. The fourth-order valence-electron chi connectivity index (χ4n) is 3.49. The second kappa shape index (κ2) is 9.07. The van der Waals surface area contributed by atoms with Crippen LogP contribution in [0.3, 0.4) is 0 Å². The van der Waals surface area contributed by atoms with Crippen LogP contribution in [0.25, 0.3) is 0 Å². The lowest BCUT2D eigenvalue weighted by Crippen LogP contribution is -2.45. The Morgan fingerprint density at radius 2 is 1.93 bits per heavy atom. The molecule has 0 bridgehead atoms. The van der Waals surface area contributed by atoms with Gasteiger partial charge in [0.05, 0.1) is 11.7 Å². The third-order valence-corrected chi connectivity index (χ3v) is 6.99. The van der Waals surface area contributed by atoms with Gasteiger partial charge in [-0.1, -0.05) is 53.6 Å². The molecule has 1 amide bonds. The van der Waals surface area contributed by atoms with Gasteiger partial charge in [0.25, 0.3) is 0 Å². The Morgan fingerprint density at radius 1 is 1.18 bits per heavy atom. The predicted octanol–water partition coefficient (Wildman–Crippen LogP) is 3.51. The number of halogens is 1. The Morgan fingerprint density at radius 3 is 2.68 bits per heavy atom. The van der Waals surface area contributed by atoms with Gasteiger partial charge in [0, 0.05) is 24.7 Å². The molecule has 0 radical (unpaired) electrons. The number of hydrogen-bond donors (Lipinski definition) is 1. The fourth-order valence-corrected chi connectivity index (χ4v) is 5.30. The summed E-state index contributed by atoms with van der Waals surface area (Å²) in [6, 6.07) is 14.8. The van der Waals surface area contributed by atoms with E-state index in [9.17, 15) is 13.2 Å². The Balaban J connectivity index is 1.60. The lowest BCUT2D eigenvalue weighted by Gasteiger charge is -2.31. The molecular formula is C21H25ClN2O3S. The van der Waals surface area contributed by atoms with Crippen molar-refractivity contribution < 1.29 is 13.2 Å². The summed E-state index contributed by atoms with van der Waals surface area (Å²) in [6.45, 7) is 3.13. The van der Waals surface area contributed by atoms with Crippen LogP contribution in [0, 0.1) is 12.8 Å². The molecule has 1 heterocycles. The van der Waals surface area contributed by atoms with E-state index in [1.165, 1.54) is 4.31 Å². The van der Waals surface area contributed by atoms with Gasteiger partial charge in [-0.25, -0.2) is 12.7 Å². The highest BCUT2D eigenvalue weighted by molar-refractivity contribution is 7.88. The third-order valence-electron chi connectivity index (χ3n) is 4.94. The Hall–Kier alpha value is -1.89. The molecule has 28 heavy (non-hydrogen) atoms. The van der Waals surface area contributed by atoms with E-state index in [0.717, 1.165) is 11.1 Å². The van der Waals surface area contributed by atoms with Gasteiger partial charge in [-0.3, -0.25) is 4.79 Å². The molecule has 7 heteroatoms. The Labute approximate surface area is 171 Å². The molecule has 1 N–H and O–H groups in total. The SMILES string of the molecule is Cc1cccc(CNC(=O)C2CCCN(S(=O)(=O)Cc3cccc(Cl)c3)C2)c1. The van der Waals surface area contributed by atoms with Crippen LogP contribution in [0.5, 0.6) is 0 Å². The number of nitrogens with one attached hydrogen (secondary N) is 1. The number of hydrogen-bond acceptors (Lipinski definition) is 3. The summed E-state index contributed by atoms with van der Waals surface area (Å²) in [6.07, 6.45) is 1.38. The monoisotopic (exact) mass is 420 g/mol. The molecule has 2 aromatic carbocycles. The maximum Gasteiger partial charge on any atom is 0.224 e. The van der Waals surface area contributed by atoms with Crippen LogP contribution in [0.4, 0.5) is 0 Å². The average Bonchev–Trinajstić information content (AvgIpc) is 2.66. The summed E-state index contributed by atoms with van der Waals surface area (Å²) in [4.78, 5) is 12.6. The van der Waals surface area contributed by atoms with Gasteiger partial charge in [-0.15, -0.1) is 0 Å². The number of benzene rings is 2. The highest BCUT2D eigenvalue weighted by atomic mass is 35.5. The van der Waals surface area contributed by atoms with E-state index in [-0.39, 0.29) is 24.1 Å². The molecule has 1 atom stereocenters. The van der Waals surface area contributed by atoms with Crippen molar-refractivity contribution in [3.63, 3.8) is 0 Å². The van der Waals surface area contributed by atoms with E-state index >= 15 is 0 Å². The van der Waals surface area contributed by atoms with Crippen LogP contribution in [0.2, 0.25) is 5.02 Å². The number of carbonyl (C=O) groups is 1. The first kappa shape index (κ1) is 20.8. The van der Waals surface area contributed by atoms with Crippen molar-refractivity contribution in [2.45, 2.75) is 32.1 Å². The zero-order chi connectivity index (χ0) is 20.1. The van der Waals surface area contributed by atoms with Gasteiger partial charge in [0.1, 0.15) is 0 Å². The van der Waals surface area contributed by atoms with Gasteiger partial charge < -0.3 is 5.32 Å². The van der Waals surface area contributed by atoms with Gasteiger partial charge in [0.2, 0.25) is 15.9 Å². The van der Waals surface area contributed by atoms with Crippen LogP contribution >= 0.6 is 11.6 Å². The maximum atomic E-state index is 12.8. The number of sulfonamides is 1. The molecule has 1 unspecified atom stereocenters. The Bertz CT molecular complexity index is 946. The largest absolute Gasteiger partial charge is 0.352 e. The molecule has 1 aliphatic rings. The molecule has 2 aromatic rings.